The standard InChI is InChI=1S/C16H19N3/c17-15(9-11-7-8-19-16(18)10-11)14-6-5-12-3-1-2-4-13(12)14/h1-4,7-8,10,14-15H,5-6,9,17H2,(H2,18,19). The van der Waals surface area contributed by atoms with E-state index < -0.39 is 0 Å². The van der Waals surface area contributed by atoms with Gasteiger partial charge in [-0.05, 0) is 54.0 Å². The van der Waals surface area contributed by atoms with Crippen LogP contribution in [0.1, 0.15) is 29.0 Å². The van der Waals surface area contributed by atoms with E-state index in [-0.39, 0.29) is 6.04 Å². The lowest BCUT2D eigenvalue weighted by Crippen LogP contribution is -2.29. The van der Waals surface area contributed by atoms with Gasteiger partial charge in [0.05, 0.1) is 0 Å². The average molecular weight is 253 g/mol. The molecule has 0 radical (unpaired) electrons. The predicted molar refractivity (Wildman–Crippen MR) is 77.8 cm³/mol. The van der Waals surface area contributed by atoms with E-state index in [1.807, 2.05) is 12.1 Å². The molecule has 2 aromatic rings. The molecule has 98 valence electrons. The summed E-state index contributed by atoms with van der Waals surface area (Å²) < 4.78 is 0. The zero-order valence-corrected chi connectivity index (χ0v) is 10.9. The van der Waals surface area contributed by atoms with E-state index in [2.05, 4.69) is 29.2 Å². The molecule has 0 saturated heterocycles. The topological polar surface area (TPSA) is 64.9 Å². The number of hydrogen-bond acceptors (Lipinski definition) is 3. The molecule has 2 unspecified atom stereocenters. The van der Waals surface area contributed by atoms with Crippen molar-refractivity contribution in [2.75, 3.05) is 5.73 Å². The maximum absolute atomic E-state index is 6.41. The first-order valence-corrected chi connectivity index (χ1v) is 6.78. The fourth-order valence-electron chi connectivity index (χ4n) is 3.07. The van der Waals surface area contributed by atoms with Crippen LogP contribution < -0.4 is 11.5 Å². The predicted octanol–water partition coefficient (Wildman–Crippen LogP) is 2.26. The van der Waals surface area contributed by atoms with Gasteiger partial charge in [0.2, 0.25) is 0 Å². The molecule has 3 nitrogen and oxygen atoms in total. The Morgan fingerprint density at radius 1 is 1.26 bits per heavy atom. The van der Waals surface area contributed by atoms with Crippen molar-refractivity contribution in [2.24, 2.45) is 5.73 Å². The smallest absolute Gasteiger partial charge is 0.123 e. The Kier molecular flexibility index (Phi) is 3.22. The van der Waals surface area contributed by atoms with Gasteiger partial charge >= 0.3 is 0 Å². The molecular formula is C16H19N3. The zero-order chi connectivity index (χ0) is 13.2. The minimum atomic E-state index is 0.144. The van der Waals surface area contributed by atoms with Crippen LogP contribution in [0.5, 0.6) is 0 Å². The van der Waals surface area contributed by atoms with Crippen LogP contribution in [0.2, 0.25) is 0 Å². The Balaban J connectivity index is 1.77. The van der Waals surface area contributed by atoms with E-state index in [1.54, 1.807) is 6.20 Å². The van der Waals surface area contributed by atoms with E-state index in [0.717, 1.165) is 19.3 Å². The first-order chi connectivity index (χ1) is 9.24. The monoisotopic (exact) mass is 253 g/mol. The third kappa shape index (κ3) is 2.47. The maximum atomic E-state index is 6.41. The number of pyridine rings is 1. The Morgan fingerprint density at radius 3 is 2.95 bits per heavy atom. The highest BCUT2D eigenvalue weighted by Crippen LogP contribution is 2.35. The third-order valence-corrected chi connectivity index (χ3v) is 4.01. The minimum Gasteiger partial charge on any atom is -0.384 e. The summed E-state index contributed by atoms with van der Waals surface area (Å²) in [5.74, 6) is 1.03. The Bertz CT molecular complexity index is 580. The molecule has 1 heterocycles. The molecule has 0 amide bonds. The van der Waals surface area contributed by atoms with Crippen LogP contribution >= 0.6 is 0 Å². The summed E-state index contributed by atoms with van der Waals surface area (Å²) in [6, 6.07) is 12.7. The number of rotatable bonds is 3. The largest absolute Gasteiger partial charge is 0.384 e. The summed E-state index contributed by atoms with van der Waals surface area (Å²) in [6.07, 6.45) is 4.90. The zero-order valence-electron chi connectivity index (χ0n) is 10.9. The van der Waals surface area contributed by atoms with Crippen molar-refractivity contribution in [1.82, 2.24) is 4.98 Å². The molecule has 1 aliphatic rings. The van der Waals surface area contributed by atoms with Crippen molar-refractivity contribution in [3.63, 3.8) is 0 Å². The van der Waals surface area contributed by atoms with Crippen LogP contribution in [0.3, 0.4) is 0 Å². The van der Waals surface area contributed by atoms with Gasteiger partial charge in [-0.15, -0.1) is 0 Å². The van der Waals surface area contributed by atoms with Gasteiger partial charge in [0, 0.05) is 12.2 Å². The molecule has 1 aliphatic carbocycles. The van der Waals surface area contributed by atoms with Crippen molar-refractivity contribution < 1.29 is 0 Å². The molecule has 3 rings (SSSR count). The van der Waals surface area contributed by atoms with Gasteiger partial charge in [0.25, 0.3) is 0 Å². The number of nitrogen functional groups attached to an aromatic ring is 1. The van der Waals surface area contributed by atoms with Crippen molar-refractivity contribution >= 4 is 5.82 Å². The van der Waals surface area contributed by atoms with Crippen molar-refractivity contribution in [3.05, 3.63) is 59.3 Å². The van der Waals surface area contributed by atoms with Crippen LogP contribution in [0, 0.1) is 0 Å². The second kappa shape index (κ2) is 5.02. The number of fused-ring (bicyclic) bond motifs is 1. The summed E-state index contributed by atoms with van der Waals surface area (Å²) in [5.41, 5.74) is 16.2. The van der Waals surface area contributed by atoms with Crippen LogP contribution in [-0.4, -0.2) is 11.0 Å². The van der Waals surface area contributed by atoms with Gasteiger partial charge in [-0.3, -0.25) is 0 Å². The van der Waals surface area contributed by atoms with Crippen LogP contribution in [0.15, 0.2) is 42.6 Å². The molecule has 2 atom stereocenters. The lowest BCUT2D eigenvalue weighted by molar-refractivity contribution is 0.525. The fraction of sp³-hybridized carbons (Fsp3) is 0.312. The number of aromatic nitrogens is 1. The van der Waals surface area contributed by atoms with Gasteiger partial charge in [-0.25, -0.2) is 4.98 Å². The summed E-state index contributed by atoms with van der Waals surface area (Å²) in [5, 5.41) is 0. The molecule has 0 aliphatic heterocycles. The molecule has 0 saturated carbocycles. The number of nitrogens with two attached hydrogens (primary N) is 2. The number of hydrogen-bond donors (Lipinski definition) is 2. The van der Waals surface area contributed by atoms with E-state index >= 15 is 0 Å². The Labute approximate surface area is 113 Å². The number of anilines is 1. The summed E-state index contributed by atoms with van der Waals surface area (Å²) in [4.78, 5) is 4.02. The lowest BCUT2D eigenvalue weighted by Gasteiger charge is -2.20. The van der Waals surface area contributed by atoms with Gasteiger partial charge in [0.1, 0.15) is 5.82 Å². The van der Waals surface area contributed by atoms with Gasteiger partial charge in [-0.2, -0.15) is 0 Å². The van der Waals surface area contributed by atoms with Crippen molar-refractivity contribution in [3.8, 4) is 0 Å². The molecule has 0 fully saturated rings. The molecule has 1 aromatic carbocycles. The summed E-state index contributed by atoms with van der Waals surface area (Å²) >= 11 is 0. The van der Waals surface area contributed by atoms with E-state index in [0.29, 0.717) is 11.7 Å². The first-order valence-electron chi connectivity index (χ1n) is 6.78. The Morgan fingerprint density at radius 2 is 2.11 bits per heavy atom. The first kappa shape index (κ1) is 12.2. The lowest BCUT2D eigenvalue weighted by atomic mass is 9.90. The van der Waals surface area contributed by atoms with E-state index in [9.17, 15) is 0 Å². The summed E-state index contributed by atoms with van der Waals surface area (Å²) in [6.45, 7) is 0. The van der Waals surface area contributed by atoms with Gasteiger partial charge in [0.15, 0.2) is 0 Å². The molecule has 3 heteroatoms. The molecule has 0 spiro atoms. The molecule has 19 heavy (non-hydrogen) atoms. The number of aryl methyl sites for hydroxylation is 1. The van der Waals surface area contributed by atoms with Crippen LogP contribution in [-0.2, 0) is 12.8 Å². The highest BCUT2D eigenvalue weighted by Gasteiger charge is 2.27. The molecular weight excluding hydrogens is 234 g/mol. The fourth-order valence-corrected chi connectivity index (χ4v) is 3.07. The molecule has 4 N–H and O–H groups in total. The molecule has 1 aromatic heterocycles. The highest BCUT2D eigenvalue weighted by atomic mass is 14.8. The maximum Gasteiger partial charge on any atom is 0.123 e. The third-order valence-electron chi connectivity index (χ3n) is 4.01. The van der Waals surface area contributed by atoms with Gasteiger partial charge < -0.3 is 11.5 Å². The SMILES string of the molecule is Nc1cc(CC(N)C2CCc3ccccc32)ccn1. The second-order valence-electron chi connectivity index (χ2n) is 5.30. The number of nitrogens with zero attached hydrogens (tertiary/aromatic N) is 1. The van der Waals surface area contributed by atoms with Crippen LogP contribution in [0.25, 0.3) is 0 Å². The quantitative estimate of drug-likeness (QED) is 0.882. The number of benzene rings is 1. The van der Waals surface area contributed by atoms with Crippen LogP contribution in [0.4, 0.5) is 5.82 Å². The summed E-state index contributed by atoms with van der Waals surface area (Å²) in [7, 11) is 0. The normalized spacial score (nSPS) is 19.1. The average Bonchev–Trinajstić information content (AvgIpc) is 2.82. The van der Waals surface area contributed by atoms with Gasteiger partial charge in [-0.1, -0.05) is 24.3 Å². The van der Waals surface area contributed by atoms with Crippen molar-refractivity contribution in [1.29, 1.82) is 0 Å². The molecule has 0 bridgehead atoms. The minimum absolute atomic E-state index is 0.144. The second-order valence-corrected chi connectivity index (χ2v) is 5.30. The van der Waals surface area contributed by atoms with Crippen molar-refractivity contribution in [2.45, 2.75) is 31.2 Å². The van der Waals surface area contributed by atoms with E-state index in [4.69, 9.17) is 11.5 Å². The Hall–Kier alpha value is -1.87. The van der Waals surface area contributed by atoms with E-state index in [1.165, 1.54) is 16.7 Å². The highest BCUT2D eigenvalue weighted by molar-refractivity contribution is 5.37.